The van der Waals surface area contributed by atoms with Gasteiger partial charge < -0.3 is 4.74 Å². The van der Waals surface area contributed by atoms with Crippen molar-refractivity contribution in [2.75, 3.05) is 20.2 Å². The predicted molar refractivity (Wildman–Crippen MR) is 94.1 cm³/mol. The van der Waals surface area contributed by atoms with Gasteiger partial charge in [-0.2, -0.15) is 0 Å². The van der Waals surface area contributed by atoms with E-state index in [1.54, 1.807) is 13.2 Å². The quantitative estimate of drug-likeness (QED) is 0.833. The van der Waals surface area contributed by atoms with Gasteiger partial charge in [-0.25, -0.2) is 9.37 Å². The Hall–Kier alpha value is -2.08. The maximum Gasteiger partial charge on any atom is 0.213 e. The van der Waals surface area contributed by atoms with Crippen LogP contribution in [-0.4, -0.2) is 40.1 Å². The summed E-state index contributed by atoms with van der Waals surface area (Å²) >= 11 is 0. The second kappa shape index (κ2) is 7.44. The number of pyridine rings is 1. The predicted octanol–water partition coefficient (Wildman–Crippen LogP) is 3.26. The molecule has 2 aromatic heterocycles. The summed E-state index contributed by atoms with van der Waals surface area (Å²) in [6.45, 7) is 7.82. The van der Waals surface area contributed by atoms with Crippen LogP contribution in [0.25, 0.3) is 0 Å². The molecule has 0 bridgehead atoms. The van der Waals surface area contributed by atoms with Crippen LogP contribution in [0, 0.1) is 25.6 Å². The number of rotatable bonds is 5. The van der Waals surface area contributed by atoms with Gasteiger partial charge in [0.2, 0.25) is 5.88 Å². The molecule has 134 valence electrons. The molecule has 1 fully saturated rings. The van der Waals surface area contributed by atoms with Crippen LogP contribution in [0.15, 0.2) is 18.3 Å². The van der Waals surface area contributed by atoms with Crippen molar-refractivity contribution in [1.82, 2.24) is 19.9 Å². The average Bonchev–Trinajstić information content (AvgIpc) is 3.06. The lowest BCUT2D eigenvalue weighted by Crippen LogP contribution is -2.26. The highest BCUT2D eigenvalue weighted by Gasteiger charge is 2.29. The third kappa shape index (κ3) is 3.95. The molecule has 0 aliphatic carbocycles. The van der Waals surface area contributed by atoms with Crippen molar-refractivity contribution in [1.29, 1.82) is 0 Å². The molecule has 1 aliphatic heterocycles. The minimum Gasteiger partial charge on any atom is -0.481 e. The van der Waals surface area contributed by atoms with Gasteiger partial charge in [-0.1, -0.05) is 0 Å². The molecule has 3 heterocycles. The van der Waals surface area contributed by atoms with E-state index in [1.807, 2.05) is 27.0 Å². The van der Waals surface area contributed by atoms with Crippen molar-refractivity contribution in [3.05, 3.63) is 46.9 Å². The zero-order valence-electron chi connectivity index (χ0n) is 15.3. The van der Waals surface area contributed by atoms with Gasteiger partial charge in [0.1, 0.15) is 5.82 Å². The third-order valence-electron chi connectivity index (χ3n) is 4.97. The largest absolute Gasteiger partial charge is 0.481 e. The zero-order chi connectivity index (χ0) is 18.0. The Bertz CT molecular complexity index is 752. The maximum absolute atomic E-state index is 14.2. The Morgan fingerprint density at radius 3 is 2.84 bits per heavy atom. The molecular weight excluding hydrogens is 319 g/mol. The van der Waals surface area contributed by atoms with Gasteiger partial charge in [-0.15, -0.1) is 0 Å². The monoisotopic (exact) mass is 344 g/mol. The third-order valence-corrected chi connectivity index (χ3v) is 4.97. The van der Waals surface area contributed by atoms with E-state index in [2.05, 4.69) is 19.9 Å². The van der Waals surface area contributed by atoms with Crippen molar-refractivity contribution >= 4 is 0 Å². The van der Waals surface area contributed by atoms with Gasteiger partial charge in [0.15, 0.2) is 0 Å². The molecule has 2 aromatic rings. The molecule has 0 spiro atoms. The lowest BCUT2D eigenvalue weighted by Gasteiger charge is -2.24. The first-order valence-electron chi connectivity index (χ1n) is 8.71. The van der Waals surface area contributed by atoms with Gasteiger partial charge in [-0.05, 0) is 52.1 Å². The van der Waals surface area contributed by atoms with Crippen LogP contribution in [0.3, 0.4) is 0 Å². The van der Waals surface area contributed by atoms with Gasteiger partial charge in [0, 0.05) is 18.8 Å². The van der Waals surface area contributed by atoms with Crippen molar-refractivity contribution in [3.63, 3.8) is 0 Å². The summed E-state index contributed by atoms with van der Waals surface area (Å²) in [4.78, 5) is 15.6. The zero-order valence-corrected chi connectivity index (χ0v) is 15.3. The number of halogens is 1. The van der Waals surface area contributed by atoms with Gasteiger partial charge in [0.05, 0.1) is 35.9 Å². The highest BCUT2D eigenvalue weighted by atomic mass is 19.1. The molecule has 2 atom stereocenters. The van der Waals surface area contributed by atoms with E-state index in [4.69, 9.17) is 4.74 Å². The van der Waals surface area contributed by atoms with Crippen LogP contribution in [0.5, 0.6) is 5.88 Å². The van der Waals surface area contributed by atoms with Crippen LogP contribution in [0.2, 0.25) is 0 Å². The smallest absolute Gasteiger partial charge is 0.213 e. The molecule has 1 saturated heterocycles. The first-order valence-corrected chi connectivity index (χ1v) is 8.71. The number of methoxy groups -OCH3 is 1. The Morgan fingerprint density at radius 2 is 2.12 bits per heavy atom. The summed E-state index contributed by atoms with van der Waals surface area (Å²) in [5.41, 5.74) is 3.47. The molecule has 25 heavy (non-hydrogen) atoms. The fourth-order valence-corrected chi connectivity index (χ4v) is 3.50. The Balaban J connectivity index is 1.68. The molecule has 0 aromatic carbocycles. The molecule has 0 radical (unpaired) electrons. The van der Waals surface area contributed by atoms with Crippen LogP contribution in [-0.2, 0) is 6.42 Å². The molecule has 3 rings (SSSR count). The summed E-state index contributed by atoms with van der Waals surface area (Å²) in [7, 11) is 1.55. The Kier molecular flexibility index (Phi) is 5.27. The van der Waals surface area contributed by atoms with Gasteiger partial charge >= 0.3 is 0 Å². The Labute approximate surface area is 148 Å². The second-order valence-corrected chi connectivity index (χ2v) is 6.79. The molecule has 1 aliphatic rings. The number of hydrogen-bond acceptors (Lipinski definition) is 5. The maximum atomic E-state index is 14.2. The topological polar surface area (TPSA) is 51.1 Å². The van der Waals surface area contributed by atoms with Crippen molar-refractivity contribution in [2.45, 2.75) is 39.7 Å². The van der Waals surface area contributed by atoms with Crippen LogP contribution in [0.4, 0.5) is 4.39 Å². The van der Waals surface area contributed by atoms with E-state index in [0.29, 0.717) is 17.5 Å². The molecule has 0 unspecified atom stereocenters. The number of ether oxygens (including phenoxy) is 1. The van der Waals surface area contributed by atoms with E-state index >= 15 is 0 Å². The standard InChI is InChI=1S/C19H25FN4O/c1-12-10-21-17(13(2)22-12)9-15-7-8-24(11-15)14(3)19-16(20)5-6-18(23-19)25-4/h5-6,10,14-15H,7-9,11H2,1-4H3/t14-,15-/m1/s1. The van der Waals surface area contributed by atoms with Crippen molar-refractivity contribution < 1.29 is 9.13 Å². The highest BCUT2D eigenvalue weighted by molar-refractivity contribution is 5.20. The lowest BCUT2D eigenvalue weighted by molar-refractivity contribution is 0.240. The number of nitrogens with zero attached hydrogens (tertiary/aromatic N) is 4. The summed E-state index contributed by atoms with van der Waals surface area (Å²) in [6.07, 6.45) is 3.81. The minimum atomic E-state index is -0.281. The number of likely N-dealkylation sites (tertiary alicyclic amines) is 1. The van der Waals surface area contributed by atoms with Crippen LogP contribution >= 0.6 is 0 Å². The van der Waals surface area contributed by atoms with E-state index in [-0.39, 0.29) is 11.9 Å². The average molecular weight is 344 g/mol. The number of aryl methyl sites for hydroxylation is 2. The first-order chi connectivity index (χ1) is 12.0. The lowest BCUT2D eigenvalue weighted by atomic mass is 10.0. The fourth-order valence-electron chi connectivity index (χ4n) is 3.50. The fraction of sp³-hybridized carbons (Fsp3) is 0.526. The molecule has 6 heteroatoms. The molecule has 5 nitrogen and oxygen atoms in total. The highest BCUT2D eigenvalue weighted by Crippen LogP contribution is 2.30. The molecule has 0 N–H and O–H groups in total. The number of hydrogen-bond donors (Lipinski definition) is 0. The normalized spacial score (nSPS) is 19.2. The van der Waals surface area contributed by atoms with Crippen LogP contribution in [0.1, 0.15) is 42.2 Å². The first kappa shape index (κ1) is 17.7. The molecular formula is C19H25FN4O. The van der Waals surface area contributed by atoms with Gasteiger partial charge in [0.25, 0.3) is 0 Å². The minimum absolute atomic E-state index is 0.0784. The van der Waals surface area contributed by atoms with Crippen LogP contribution < -0.4 is 4.74 Å². The summed E-state index contributed by atoms with van der Waals surface area (Å²) in [6, 6.07) is 2.90. The van der Waals surface area contributed by atoms with Crippen molar-refractivity contribution in [3.8, 4) is 5.88 Å². The molecule has 0 amide bonds. The SMILES string of the molecule is COc1ccc(F)c([C@@H](C)N2CC[C@H](Cc3ncc(C)nc3C)C2)n1. The summed E-state index contributed by atoms with van der Waals surface area (Å²) in [5, 5.41) is 0. The second-order valence-electron chi connectivity index (χ2n) is 6.79. The van der Waals surface area contributed by atoms with E-state index in [9.17, 15) is 4.39 Å². The van der Waals surface area contributed by atoms with E-state index in [0.717, 1.165) is 43.0 Å². The molecule has 0 saturated carbocycles. The summed E-state index contributed by atoms with van der Waals surface area (Å²) in [5.74, 6) is 0.674. The summed E-state index contributed by atoms with van der Waals surface area (Å²) < 4.78 is 19.3. The van der Waals surface area contributed by atoms with Gasteiger partial charge in [-0.3, -0.25) is 14.9 Å². The Morgan fingerprint density at radius 1 is 1.32 bits per heavy atom. The van der Waals surface area contributed by atoms with E-state index < -0.39 is 0 Å². The number of aromatic nitrogens is 3. The van der Waals surface area contributed by atoms with Crippen molar-refractivity contribution in [2.24, 2.45) is 5.92 Å². The van der Waals surface area contributed by atoms with E-state index in [1.165, 1.54) is 6.07 Å².